The molecule has 4 N–H and O–H groups in total. The summed E-state index contributed by atoms with van der Waals surface area (Å²) in [6, 6.07) is 0.820. The molecule has 0 bridgehead atoms. The molecular weight excluding hydrogens is 574 g/mol. The van der Waals surface area contributed by atoms with E-state index in [4.69, 9.17) is 14.2 Å². The number of carbonyl (C=O) groups excluding carboxylic acids is 2. The molecule has 1 amide bonds. The summed E-state index contributed by atoms with van der Waals surface area (Å²) in [5, 5.41) is 33.6. The van der Waals surface area contributed by atoms with Crippen LogP contribution in [0.15, 0.2) is 79.0 Å². The fourth-order valence-electron chi connectivity index (χ4n) is 5.62. The summed E-state index contributed by atoms with van der Waals surface area (Å²) in [7, 11) is 0. The molecule has 1 aromatic rings. The topological polar surface area (TPSA) is 135 Å². The second-order valence-electron chi connectivity index (χ2n) is 11.2. The van der Waals surface area contributed by atoms with Gasteiger partial charge in [-0.2, -0.15) is 0 Å². The average Bonchev–Trinajstić information content (AvgIpc) is 3.50. The molecule has 45 heavy (non-hydrogen) atoms. The molecule has 1 unspecified atom stereocenters. The van der Waals surface area contributed by atoms with Crippen molar-refractivity contribution in [3.8, 4) is 17.2 Å². The van der Waals surface area contributed by atoms with Gasteiger partial charge >= 0.3 is 5.97 Å². The largest absolute Gasteiger partial charge is 0.453 e. The van der Waals surface area contributed by atoms with Gasteiger partial charge in [0.15, 0.2) is 11.5 Å². The molecule has 2 heterocycles. The highest BCUT2D eigenvalue weighted by Crippen LogP contribution is 2.50. The Balaban J connectivity index is 1.20. The van der Waals surface area contributed by atoms with Gasteiger partial charge in [0.1, 0.15) is 12.2 Å². The molecule has 2 aliphatic heterocycles. The van der Waals surface area contributed by atoms with E-state index in [0.29, 0.717) is 17.7 Å². The van der Waals surface area contributed by atoms with E-state index in [2.05, 4.69) is 73.0 Å². The van der Waals surface area contributed by atoms with E-state index in [1.165, 1.54) is 0 Å². The van der Waals surface area contributed by atoms with E-state index in [9.17, 15) is 24.9 Å². The van der Waals surface area contributed by atoms with Crippen molar-refractivity contribution in [3.63, 3.8) is 0 Å². The highest BCUT2D eigenvalue weighted by atomic mass is 16.7. The number of amides is 1. The first-order valence-electron chi connectivity index (χ1n) is 15.8. The summed E-state index contributed by atoms with van der Waals surface area (Å²) in [5.74, 6) is -1.16. The van der Waals surface area contributed by atoms with Crippen LogP contribution < -0.4 is 19.5 Å². The molecule has 0 saturated heterocycles. The molecule has 1 fully saturated rings. The Bertz CT molecular complexity index is 1340. The van der Waals surface area contributed by atoms with Crippen molar-refractivity contribution < 1.29 is 39.1 Å². The highest BCUT2D eigenvalue weighted by molar-refractivity contribution is 6.02. The van der Waals surface area contributed by atoms with Gasteiger partial charge in [0.2, 0.25) is 12.5 Å². The molecule has 0 radical (unpaired) electrons. The van der Waals surface area contributed by atoms with Crippen molar-refractivity contribution in [1.29, 1.82) is 0 Å². The lowest BCUT2D eigenvalue weighted by Crippen LogP contribution is -2.61. The van der Waals surface area contributed by atoms with Crippen molar-refractivity contribution >= 4 is 11.9 Å². The van der Waals surface area contributed by atoms with Crippen molar-refractivity contribution in [2.24, 2.45) is 0 Å². The number of allylic oxidation sites excluding steroid dienone is 12. The number of rotatable bonds is 15. The van der Waals surface area contributed by atoms with E-state index in [1.807, 2.05) is 12.2 Å². The third-order valence-electron chi connectivity index (χ3n) is 7.94. The Labute approximate surface area is 265 Å². The number of fused-ring (bicyclic) bond motifs is 4. The summed E-state index contributed by atoms with van der Waals surface area (Å²) in [5.41, 5.74) is 0.580. The lowest BCUT2D eigenvalue weighted by Gasteiger charge is -2.44. The minimum atomic E-state index is -1.38. The van der Waals surface area contributed by atoms with Crippen LogP contribution in [0.25, 0.3) is 0 Å². The molecule has 9 heteroatoms. The second-order valence-corrected chi connectivity index (χ2v) is 11.2. The van der Waals surface area contributed by atoms with Crippen LogP contribution in [0.5, 0.6) is 17.2 Å². The van der Waals surface area contributed by atoms with Gasteiger partial charge in [0, 0.05) is 12.3 Å². The molecule has 9 nitrogen and oxygen atoms in total. The smallest absolute Gasteiger partial charge is 0.311 e. The summed E-state index contributed by atoms with van der Waals surface area (Å²) >= 11 is 0. The Morgan fingerprint density at radius 3 is 2.04 bits per heavy atom. The maximum atomic E-state index is 13.1. The number of hydrogen-bond acceptors (Lipinski definition) is 8. The van der Waals surface area contributed by atoms with Crippen LogP contribution in [0.2, 0.25) is 0 Å². The van der Waals surface area contributed by atoms with Gasteiger partial charge in [-0.1, -0.05) is 79.8 Å². The van der Waals surface area contributed by atoms with Crippen LogP contribution in [0, 0.1) is 0 Å². The first-order valence-corrected chi connectivity index (χ1v) is 15.8. The molecular formula is C36H45NO8. The van der Waals surface area contributed by atoms with Crippen molar-refractivity contribution in [2.75, 3.05) is 6.79 Å². The summed E-state index contributed by atoms with van der Waals surface area (Å²) in [6.07, 6.45) is 27.8. The van der Waals surface area contributed by atoms with Gasteiger partial charge in [0.25, 0.3) is 5.91 Å². The van der Waals surface area contributed by atoms with E-state index in [1.54, 1.807) is 6.07 Å². The van der Waals surface area contributed by atoms with Gasteiger partial charge in [-0.05, 0) is 63.0 Å². The second kappa shape index (κ2) is 17.5. The minimum absolute atomic E-state index is 0.0289. The van der Waals surface area contributed by atoms with E-state index < -0.39 is 42.1 Å². The number of ether oxygens (including phenoxy) is 3. The van der Waals surface area contributed by atoms with Gasteiger partial charge < -0.3 is 34.8 Å². The molecule has 0 aromatic heterocycles. The zero-order chi connectivity index (χ0) is 32.0. The fraction of sp³-hybridized carbons (Fsp3) is 0.444. The summed E-state index contributed by atoms with van der Waals surface area (Å²) in [4.78, 5) is 25.9. The van der Waals surface area contributed by atoms with Gasteiger partial charge in [0.05, 0.1) is 17.7 Å². The van der Waals surface area contributed by atoms with Crippen LogP contribution in [0.1, 0.15) is 86.6 Å². The first kappa shape index (κ1) is 34.0. The number of carbonyl (C=O) groups is 2. The number of aliphatic hydroxyl groups excluding tert-OH is 3. The number of esters is 1. The molecule has 3 aliphatic rings. The van der Waals surface area contributed by atoms with E-state index >= 15 is 0 Å². The van der Waals surface area contributed by atoms with Crippen molar-refractivity contribution in [2.45, 2.75) is 95.0 Å². The van der Waals surface area contributed by atoms with Crippen molar-refractivity contribution in [3.05, 3.63) is 90.1 Å². The fourth-order valence-corrected chi connectivity index (χ4v) is 5.62. The first-order chi connectivity index (χ1) is 21.9. The third-order valence-corrected chi connectivity index (χ3v) is 7.94. The SMILES string of the molecule is CC/C=C/C/C=C/C/C=C/C/C=C/C/C=C/C/C=C/CCC(=O)Oc1c2c(cc3c1C(=O)N[C@@H]1C3C[C@H](O)[C@@H](O)[C@H]1O)OCO2. The lowest BCUT2D eigenvalue weighted by molar-refractivity contribution is -0.134. The van der Waals surface area contributed by atoms with Gasteiger partial charge in [-0.3, -0.25) is 9.59 Å². The van der Waals surface area contributed by atoms with E-state index in [0.717, 1.165) is 38.5 Å². The molecule has 0 spiro atoms. The number of hydrogen-bond donors (Lipinski definition) is 4. The summed E-state index contributed by atoms with van der Waals surface area (Å²) < 4.78 is 16.7. The van der Waals surface area contributed by atoms with Gasteiger partial charge in [-0.15, -0.1) is 0 Å². The van der Waals surface area contributed by atoms with Crippen LogP contribution in [-0.2, 0) is 4.79 Å². The number of benzene rings is 1. The quantitative estimate of drug-likeness (QED) is 0.115. The Hall–Kier alpha value is -3.92. The molecule has 5 atom stereocenters. The van der Waals surface area contributed by atoms with Crippen LogP contribution in [0.3, 0.4) is 0 Å². The van der Waals surface area contributed by atoms with E-state index in [-0.39, 0.29) is 36.7 Å². The molecule has 4 rings (SSSR count). The Kier molecular flexibility index (Phi) is 13.2. The molecule has 1 aliphatic carbocycles. The highest BCUT2D eigenvalue weighted by Gasteiger charge is 2.49. The molecule has 1 saturated carbocycles. The Morgan fingerprint density at radius 1 is 0.867 bits per heavy atom. The van der Waals surface area contributed by atoms with Crippen molar-refractivity contribution in [1.82, 2.24) is 5.32 Å². The Morgan fingerprint density at radius 2 is 1.44 bits per heavy atom. The number of aliphatic hydroxyl groups is 3. The zero-order valence-corrected chi connectivity index (χ0v) is 25.8. The average molecular weight is 620 g/mol. The lowest BCUT2D eigenvalue weighted by atomic mass is 9.72. The normalized spacial score (nSPS) is 24.4. The predicted molar refractivity (Wildman–Crippen MR) is 172 cm³/mol. The molecule has 1 aromatic carbocycles. The maximum Gasteiger partial charge on any atom is 0.311 e. The zero-order valence-electron chi connectivity index (χ0n) is 25.8. The van der Waals surface area contributed by atoms with Crippen LogP contribution in [-0.4, -0.2) is 58.3 Å². The maximum absolute atomic E-state index is 13.1. The number of nitrogens with one attached hydrogen (secondary N) is 1. The predicted octanol–water partition coefficient (Wildman–Crippen LogP) is 5.48. The standard InChI is InChI=1S/C36H45NO8/c1-2-3-4-5-6-7-8-9-10-11-12-13-14-15-16-17-18-19-20-21-29(39)45-35-30-25(23-28-34(35)44-24-43-28)26-22-27(38)32(40)33(41)31(26)37-36(30)42/h3-4,6-7,9-10,12-13,15-16,18-19,23,26-27,31-33,38,40-41H,2,5,8,11,14,17,20-22,24H2,1H3,(H,37,42)/b4-3+,7-6+,10-9+,13-12+,16-15+,19-18+/t26?,27-,31+,32+,33-/m0/s1. The van der Waals surface area contributed by atoms with Crippen LogP contribution in [0.4, 0.5) is 0 Å². The summed E-state index contributed by atoms with van der Waals surface area (Å²) in [6.45, 7) is 2.04. The van der Waals surface area contributed by atoms with Gasteiger partial charge in [-0.25, -0.2) is 0 Å². The minimum Gasteiger partial charge on any atom is -0.453 e. The monoisotopic (exact) mass is 619 g/mol. The molecule has 242 valence electrons. The third kappa shape index (κ3) is 9.29. The van der Waals surface area contributed by atoms with Crippen LogP contribution >= 0.6 is 0 Å².